The van der Waals surface area contributed by atoms with Crippen LogP contribution in [0.25, 0.3) is 0 Å². The SMILES string of the molecule is Cc1cccc(CNCCCNCc2cccc(C)n2)n1. The predicted molar refractivity (Wildman–Crippen MR) is 86.0 cm³/mol. The van der Waals surface area contributed by atoms with Crippen LogP contribution in [0.2, 0.25) is 0 Å². The number of nitrogens with zero attached hydrogens (tertiary/aromatic N) is 2. The molecule has 21 heavy (non-hydrogen) atoms. The van der Waals surface area contributed by atoms with Gasteiger partial charge in [0.05, 0.1) is 11.4 Å². The number of hydrogen-bond donors (Lipinski definition) is 2. The Bertz CT molecular complexity index is 504. The van der Waals surface area contributed by atoms with E-state index < -0.39 is 0 Å². The molecular weight excluding hydrogens is 260 g/mol. The van der Waals surface area contributed by atoms with Crippen molar-refractivity contribution in [1.29, 1.82) is 0 Å². The maximum atomic E-state index is 4.47. The number of aromatic nitrogens is 2. The van der Waals surface area contributed by atoms with E-state index in [9.17, 15) is 0 Å². The summed E-state index contributed by atoms with van der Waals surface area (Å²) in [6, 6.07) is 12.3. The molecule has 0 saturated heterocycles. The molecular formula is C17H24N4. The van der Waals surface area contributed by atoms with Crippen LogP contribution in [0, 0.1) is 13.8 Å². The predicted octanol–water partition coefficient (Wildman–Crippen LogP) is 2.36. The summed E-state index contributed by atoms with van der Waals surface area (Å²) >= 11 is 0. The highest BCUT2D eigenvalue weighted by Gasteiger charge is 1.96. The summed E-state index contributed by atoms with van der Waals surface area (Å²) in [6.45, 7) is 7.69. The third kappa shape index (κ3) is 6.02. The molecule has 2 heterocycles. The van der Waals surface area contributed by atoms with Gasteiger partial charge in [-0.05, 0) is 57.6 Å². The van der Waals surface area contributed by atoms with Crippen LogP contribution in [0.4, 0.5) is 0 Å². The highest BCUT2D eigenvalue weighted by molar-refractivity contribution is 5.10. The standard InChI is InChI=1S/C17H24N4/c1-14-6-3-8-16(20-14)12-18-10-5-11-19-13-17-9-4-7-15(2)21-17/h3-4,6-9,18-19H,5,10-13H2,1-2H3. The van der Waals surface area contributed by atoms with Crippen LogP contribution in [-0.2, 0) is 13.1 Å². The average Bonchev–Trinajstić information content (AvgIpc) is 2.46. The van der Waals surface area contributed by atoms with E-state index in [-0.39, 0.29) is 0 Å². The molecule has 0 fully saturated rings. The molecule has 4 heteroatoms. The van der Waals surface area contributed by atoms with E-state index in [0.29, 0.717) is 0 Å². The van der Waals surface area contributed by atoms with Crippen LogP contribution in [0.3, 0.4) is 0 Å². The molecule has 4 nitrogen and oxygen atoms in total. The maximum absolute atomic E-state index is 4.47. The van der Waals surface area contributed by atoms with Gasteiger partial charge in [-0.2, -0.15) is 0 Å². The second-order valence-corrected chi connectivity index (χ2v) is 5.25. The third-order valence-electron chi connectivity index (χ3n) is 3.21. The molecule has 0 aliphatic carbocycles. The lowest BCUT2D eigenvalue weighted by atomic mass is 10.3. The van der Waals surface area contributed by atoms with Crippen molar-refractivity contribution in [2.75, 3.05) is 13.1 Å². The highest BCUT2D eigenvalue weighted by atomic mass is 14.9. The van der Waals surface area contributed by atoms with E-state index in [1.165, 1.54) is 0 Å². The topological polar surface area (TPSA) is 49.8 Å². The van der Waals surface area contributed by atoms with Crippen molar-refractivity contribution in [3.05, 3.63) is 59.2 Å². The quantitative estimate of drug-likeness (QED) is 0.731. The Morgan fingerprint density at radius 1 is 0.762 bits per heavy atom. The van der Waals surface area contributed by atoms with Gasteiger partial charge in [-0.25, -0.2) is 0 Å². The molecule has 2 aromatic rings. The largest absolute Gasteiger partial charge is 0.311 e. The smallest absolute Gasteiger partial charge is 0.0544 e. The van der Waals surface area contributed by atoms with E-state index in [1.54, 1.807) is 0 Å². The molecule has 0 atom stereocenters. The fourth-order valence-electron chi connectivity index (χ4n) is 2.17. The van der Waals surface area contributed by atoms with Crippen LogP contribution in [0.5, 0.6) is 0 Å². The van der Waals surface area contributed by atoms with Gasteiger partial charge < -0.3 is 10.6 Å². The minimum atomic E-state index is 0.834. The Morgan fingerprint density at radius 3 is 1.67 bits per heavy atom. The molecule has 0 aliphatic rings. The van der Waals surface area contributed by atoms with E-state index in [1.807, 2.05) is 26.0 Å². The summed E-state index contributed by atoms with van der Waals surface area (Å²) in [7, 11) is 0. The molecule has 0 bridgehead atoms. The van der Waals surface area contributed by atoms with Crippen molar-refractivity contribution in [3.8, 4) is 0 Å². The molecule has 2 N–H and O–H groups in total. The Morgan fingerprint density at radius 2 is 1.24 bits per heavy atom. The van der Waals surface area contributed by atoms with E-state index in [0.717, 1.165) is 55.4 Å². The maximum Gasteiger partial charge on any atom is 0.0544 e. The summed E-state index contributed by atoms with van der Waals surface area (Å²) in [6.07, 6.45) is 1.09. The number of hydrogen-bond acceptors (Lipinski definition) is 4. The first-order chi connectivity index (χ1) is 10.2. The zero-order valence-corrected chi connectivity index (χ0v) is 12.9. The summed E-state index contributed by atoms with van der Waals surface area (Å²) in [5.41, 5.74) is 4.35. The number of pyridine rings is 2. The molecule has 2 rings (SSSR count). The van der Waals surface area contributed by atoms with Gasteiger partial charge in [-0.3, -0.25) is 9.97 Å². The van der Waals surface area contributed by atoms with Crippen LogP contribution in [0.1, 0.15) is 29.2 Å². The first-order valence-corrected chi connectivity index (χ1v) is 7.50. The minimum Gasteiger partial charge on any atom is -0.311 e. The molecule has 0 aliphatic heterocycles. The number of rotatable bonds is 8. The Kier molecular flexibility index (Phi) is 6.31. The molecule has 0 saturated carbocycles. The zero-order chi connectivity index (χ0) is 14.9. The fourth-order valence-corrected chi connectivity index (χ4v) is 2.17. The first kappa shape index (κ1) is 15.6. The van der Waals surface area contributed by atoms with Gasteiger partial charge in [-0.1, -0.05) is 12.1 Å². The molecule has 0 radical (unpaired) electrons. The van der Waals surface area contributed by atoms with Crippen molar-refractivity contribution in [2.24, 2.45) is 0 Å². The second kappa shape index (κ2) is 8.49. The van der Waals surface area contributed by atoms with Crippen molar-refractivity contribution in [2.45, 2.75) is 33.4 Å². The lowest BCUT2D eigenvalue weighted by Gasteiger charge is -2.07. The van der Waals surface area contributed by atoms with Gasteiger partial charge in [0.2, 0.25) is 0 Å². The summed E-state index contributed by atoms with van der Waals surface area (Å²) in [5, 5.41) is 6.84. The van der Waals surface area contributed by atoms with Gasteiger partial charge in [0, 0.05) is 24.5 Å². The van der Waals surface area contributed by atoms with E-state index >= 15 is 0 Å². The van der Waals surface area contributed by atoms with Gasteiger partial charge in [0.25, 0.3) is 0 Å². The molecule has 112 valence electrons. The first-order valence-electron chi connectivity index (χ1n) is 7.50. The molecule has 0 unspecified atom stereocenters. The molecule has 0 spiro atoms. The fraction of sp³-hybridized carbons (Fsp3) is 0.412. The van der Waals surface area contributed by atoms with E-state index in [2.05, 4.69) is 44.9 Å². The average molecular weight is 284 g/mol. The molecule has 0 aromatic carbocycles. The van der Waals surface area contributed by atoms with Gasteiger partial charge in [-0.15, -0.1) is 0 Å². The van der Waals surface area contributed by atoms with Gasteiger partial charge in [0.15, 0.2) is 0 Å². The van der Waals surface area contributed by atoms with Crippen LogP contribution >= 0.6 is 0 Å². The van der Waals surface area contributed by atoms with Crippen molar-refractivity contribution in [3.63, 3.8) is 0 Å². The van der Waals surface area contributed by atoms with Crippen LogP contribution in [-0.4, -0.2) is 23.1 Å². The van der Waals surface area contributed by atoms with E-state index in [4.69, 9.17) is 0 Å². The molecule has 0 amide bonds. The van der Waals surface area contributed by atoms with Gasteiger partial charge in [0.1, 0.15) is 0 Å². The third-order valence-corrected chi connectivity index (χ3v) is 3.21. The van der Waals surface area contributed by atoms with Crippen molar-refractivity contribution < 1.29 is 0 Å². The van der Waals surface area contributed by atoms with Crippen molar-refractivity contribution >= 4 is 0 Å². The van der Waals surface area contributed by atoms with Gasteiger partial charge >= 0.3 is 0 Å². The molecule has 2 aromatic heterocycles. The van der Waals surface area contributed by atoms with Crippen molar-refractivity contribution in [1.82, 2.24) is 20.6 Å². The summed E-state index contributed by atoms with van der Waals surface area (Å²) < 4.78 is 0. The monoisotopic (exact) mass is 284 g/mol. The number of nitrogens with one attached hydrogen (secondary N) is 2. The number of aryl methyl sites for hydroxylation is 2. The zero-order valence-electron chi connectivity index (χ0n) is 12.9. The lowest BCUT2D eigenvalue weighted by molar-refractivity contribution is 0.587. The van der Waals surface area contributed by atoms with Crippen LogP contribution < -0.4 is 10.6 Å². The summed E-state index contributed by atoms with van der Waals surface area (Å²) in [4.78, 5) is 8.94. The Labute approximate surface area is 127 Å². The van der Waals surface area contributed by atoms with Crippen LogP contribution in [0.15, 0.2) is 36.4 Å². The lowest BCUT2D eigenvalue weighted by Crippen LogP contribution is -2.22. The second-order valence-electron chi connectivity index (χ2n) is 5.25. The normalized spacial score (nSPS) is 10.8. The minimum absolute atomic E-state index is 0.834. The highest BCUT2D eigenvalue weighted by Crippen LogP contribution is 1.98. The Balaban J connectivity index is 1.54. The Hall–Kier alpha value is -1.78. The summed E-state index contributed by atoms with van der Waals surface area (Å²) in [5.74, 6) is 0.